The van der Waals surface area contributed by atoms with E-state index in [0.717, 1.165) is 17.7 Å². The van der Waals surface area contributed by atoms with Crippen LogP contribution in [0, 0.1) is 5.92 Å². The molecule has 2 amide bonds. The van der Waals surface area contributed by atoms with Gasteiger partial charge in [-0.25, -0.2) is 0 Å². The van der Waals surface area contributed by atoms with Crippen molar-refractivity contribution < 1.29 is 22.8 Å². The number of alkyl halides is 3. The van der Waals surface area contributed by atoms with E-state index < -0.39 is 35.6 Å². The van der Waals surface area contributed by atoms with Crippen molar-refractivity contribution in [3.63, 3.8) is 0 Å². The molecule has 4 nitrogen and oxygen atoms in total. The number of piperazine rings is 1. The van der Waals surface area contributed by atoms with Crippen molar-refractivity contribution >= 4 is 11.8 Å². The fourth-order valence-electron chi connectivity index (χ4n) is 3.30. The Kier molecular flexibility index (Phi) is 3.74. The molecule has 0 radical (unpaired) electrons. The highest BCUT2D eigenvalue weighted by Gasteiger charge is 2.61. The van der Waals surface area contributed by atoms with E-state index in [1.807, 2.05) is 0 Å². The Morgan fingerprint density at radius 1 is 1.24 bits per heavy atom. The zero-order valence-corrected chi connectivity index (χ0v) is 12.5. The number of carbonyl (C=O) groups excluding carboxylic acids is 2. The molecule has 1 aliphatic carbocycles. The summed E-state index contributed by atoms with van der Waals surface area (Å²) >= 11 is 0. The zero-order chi connectivity index (χ0) is 16.1. The highest BCUT2D eigenvalue weighted by Crippen LogP contribution is 2.45. The minimum absolute atomic E-state index is 0.0589. The number of nitrogens with one attached hydrogen (secondary N) is 1. The molecule has 7 heteroatoms. The van der Waals surface area contributed by atoms with Crippen molar-refractivity contribution in [3.8, 4) is 0 Å². The minimum atomic E-state index is -4.52. The Morgan fingerprint density at radius 3 is 2.14 bits per heavy atom. The summed E-state index contributed by atoms with van der Waals surface area (Å²) in [6.07, 6.45) is -2.68. The van der Waals surface area contributed by atoms with Gasteiger partial charge in [-0.15, -0.1) is 0 Å². The third-order valence-corrected chi connectivity index (χ3v) is 4.90. The molecule has 2 fully saturated rings. The molecule has 120 valence electrons. The number of hydrogen-bond donors (Lipinski definition) is 1. The fraction of sp³-hybridized carbons (Fsp3) is 0.857. The quantitative estimate of drug-likeness (QED) is 0.866. The van der Waals surface area contributed by atoms with Gasteiger partial charge in [0, 0.05) is 0 Å². The van der Waals surface area contributed by atoms with Crippen molar-refractivity contribution in [2.75, 3.05) is 6.54 Å². The molecule has 0 bridgehead atoms. The van der Waals surface area contributed by atoms with Crippen LogP contribution in [0.4, 0.5) is 13.2 Å². The van der Waals surface area contributed by atoms with E-state index in [0.29, 0.717) is 0 Å². The molecule has 2 rings (SSSR count). The second-order valence-electron chi connectivity index (χ2n) is 6.18. The molecule has 0 aromatic rings. The molecule has 0 aromatic carbocycles. The maximum absolute atomic E-state index is 12.9. The van der Waals surface area contributed by atoms with E-state index in [1.54, 1.807) is 20.8 Å². The number of halogens is 3. The summed E-state index contributed by atoms with van der Waals surface area (Å²) in [7, 11) is 0. The van der Waals surface area contributed by atoms with E-state index in [4.69, 9.17) is 0 Å². The zero-order valence-electron chi connectivity index (χ0n) is 12.5. The van der Waals surface area contributed by atoms with E-state index in [-0.39, 0.29) is 18.8 Å². The topological polar surface area (TPSA) is 49.4 Å². The van der Waals surface area contributed by atoms with Gasteiger partial charge in [0.2, 0.25) is 11.8 Å². The Balaban J connectivity index is 2.44. The Bertz CT molecular complexity index is 456. The van der Waals surface area contributed by atoms with Crippen LogP contribution in [0.25, 0.3) is 0 Å². The average Bonchev–Trinajstić information content (AvgIpc) is 3.20. The molecule has 1 saturated carbocycles. The molecule has 1 heterocycles. The Morgan fingerprint density at radius 2 is 1.76 bits per heavy atom. The molecule has 21 heavy (non-hydrogen) atoms. The maximum atomic E-state index is 12.9. The molecule has 2 aliphatic rings. The van der Waals surface area contributed by atoms with Crippen molar-refractivity contribution in [1.82, 2.24) is 10.2 Å². The first kappa shape index (κ1) is 16.1. The van der Waals surface area contributed by atoms with Gasteiger partial charge < -0.3 is 10.2 Å². The monoisotopic (exact) mass is 306 g/mol. The molecule has 1 N–H and O–H groups in total. The molecular weight excluding hydrogens is 285 g/mol. The van der Waals surface area contributed by atoms with Crippen LogP contribution >= 0.6 is 0 Å². The first-order valence-corrected chi connectivity index (χ1v) is 7.32. The van der Waals surface area contributed by atoms with Crippen molar-refractivity contribution in [1.29, 1.82) is 0 Å². The van der Waals surface area contributed by atoms with Crippen LogP contribution in [0.2, 0.25) is 0 Å². The third kappa shape index (κ3) is 2.51. The van der Waals surface area contributed by atoms with Crippen molar-refractivity contribution in [2.45, 2.75) is 63.7 Å². The van der Waals surface area contributed by atoms with Crippen LogP contribution in [0.15, 0.2) is 0 Å². The SMILES string of the molecule is CCC1(CC)C(=O)NC(C)(C2CC2)C(=O)N1CC(F)(F)F. The summed E-state index contributed by atoms with van der Waals surface area (Å²) in [5, 5.41) is 2.72. The first-order chi connectivity index (χ1) is 9.60. The summed E-state index contributed by atoms with van der Waals surface area (Å²) in [5.74, 6) is -1.13. The minimum Gasteiger partial charge on any atom is -0.340 e. The number of hydrogen-bond acceptors (Lipinski definition) is 2. The molecule has 1 aliphatic heterocycles. The second-order valence-corrected chi connectivity index (χ2v) is 6.18. The summed E-state index contributed by atoms with van der Waals surface area (Å²) < 4.78 is 38.7. The number of amides is 2. The van der Waals surface area contributed by atoms with Gasteiger partial charge in [0.15, 0.2) is 0 Å². The largest absolute Gasteiger partial charge is 0.406 e. The Labute approximate surface area is 122 Å². The summed E-state index contributed by atoms with van der Waals surface area (Å²) in [6.45, 7) is 3.45. The molecule has 0 spiro atoms. The van der Waals surface area contributed by atoms with E-state index in [1.165, 1.54) is 0 Å². The van der Waals surface area contributed by atoms with Gasteiger partial charge in [0.25, 0.3) is 0 Å². The van der Waals surface area contributed by atoms with E-state index >= 15 is 0 Å². The number of rotatable bonds is 4. The van der Waals surface area contributed by atoms with E-state index in [2.05, 4.69) is 5.32 Å². The second kappa shape index (κ2) is 4.88. The van der Waals surface area contributed by atoms with Gasteiger partial charge in [-0.2, -0.15) is 13.2 Å². The van der Waals surface area contributed by atoms with Gasteiger partial charge in [0.05, 0.1) is 0 Å². The lowest BCUT2D eigenvalue weighted by atomic mass is 9.80. The third-order valence-electron chi connectivity index (χ3n) is 4.90. The van der Waals surface area contributed by atoms with Gasteiger partial charge >= 0.3 is 6.18 Å². The van der Waals surface area contributed by atoms with Gasteiger partial charge in [-0.1, -0.05) is 13.8 Å². The van der Waals surface area contributed by atoms with Crippen molar-refractivity contribution in [3.05, 3.63) is 0 Å². The average molecular weight is 306 g/mol. The van der Waals surface area contributed by atoms with Crippen LogP contribution in [-0.4, -0.2) is 40.5 Å². The molecular formula is C14H21F3N2O2. The van der Waals surface area contributed by atoms with Gasteiger partial charge in [-0.3, -0.25) is 9.59 Å². The maximum Gasteiger partial charge on any atom is 0.406 e. The number of nitrogens with zero attached hydrogens (tertiary/aromatic N) is 1. The molecule has 1 unspecified atom stereocenters. The lowest BCUT2D eigenvalue weighted by molar-refractivity contribution is -0.189. The Hall–Kier alpha value is -1.27. The normalized spacial score (nSPS) is 29.5. The fourth-order valence-corrected chi connectivity index (χ4v) is 3.30. The first-order valence-electron chi connectivity index (χ1n) is 7.32. The summed E-state index contributed by atoms with van der Waals surface area (Å²) in [5.41, 5.74) is -2.60. The molecule has 1 atom stereocenters. The predicted octanol–water partition coefficient (Wildman–Crippen LogP) is 2.23. The lowest BCUT2D eigenvalue weighted by Gasteiger charge is -2.51. The van der Waals surface area contributed by atoms with E-state index in [9.17, 15) is 22.8 Å². The summed E-state index contributed by atoms with van der Waals surface area (Å²) in [6, 6.07) is 0. The highest BCUT2D eigenvalue weighted by atomic mass is 19.4. The van der Waals surface area contributed by atoms with Crippen LogP contribution in [-0.2, 0) is 9.59 Å². The van der Waals surface area contributed by atoms with Crippen LogP contribution in [0.3, 0.4) is 0 Å². The molecule has 0 aromatic heterocycles. The van der Waals surface area contributed by atoms with Gasteiger partial charge in [0.1, 0.15) is 17.6 Å². The van der Waals surface area contributed by atoms with Crippen LogP contribution in [0.1, 0.15) is 46.5 Å². The number of carbonyl (C=O) groups is 2. The predicted molar refractivity (Wildman–Crippen MR) is 70.4 cm³/mol. The smallest absolute Gasteiger partial charge is 0.340 e. The highest BCUT2D eigenvalue weighted by molar-refractivity contribution is 6.02. The standard InChI is InChI=1S/C14H21F3N2O2/c1-4-13(5-2)10(20)18-12(3,9-6-7-9)11(21)19(13)8-14(15,16)17/h9H,4-8H2,1-3H3,(H,18,20). The van der Waals surface area contributed by atoms with Crippen LogP contribution < -0.4 is 5.32 Å². The lowest BCUT2D eigenvalue weighted by Crippen LogP contribution is -2.76. The van der Waals surface area contributed by atoms with Gasteiger partial charge in [-0.05, 0) is 38.5 Å². The molecule has 1 saturated heterocycles. The van der Waals surface area contributed by atoms with Crippen molar-refractivity contribution in [2.24, 2.45) is 5.92 Å². The summed E-state index contributed by atoms with van der Waals surface area (Å²) in [4.78, 5) is 26.0. The van der Waals surface area contributed by atoms with Crippen LogP contribution in [0.5, 0.6) is 0 Å².